The molecule has 0 spiro atoms. The lowest BCUT2D eigenvalue weighted by molar-refractivity contribution is -0.120. The van der Waals surface area contributed by atoms with Crippen molar-refractivity contribution in [3.05, 3.63) is 76.9 Å². The number of aromatic nitrogens is 2. The third kappa shape index (κ3) is 12.1. The summed E-state index contributed by atoms with van der Waals surface area (Å²) in [6, 6.07) is 18.0. The number of nitrogens with one attached hydrogen (secondary N) is 2. The van der Waals surface area contributed by atoms with Crippen LogP contribution in [0.1, 0.15) is 49.9 Å². The highest BCUT2D eigenvalue weighted by Crippen LogP contribution is 2.22. The van der Waals surface area contributed by atoms with Crippen molar-refractivity contribution >= 4 is 29.4 Å². The van der Waals surface area contributed by atoms with Crippen LogP contribution in [0, 0.1) is 0 Å². The fraction of sp³-hybridized carbons (Fsp3) is 0.438. The number of amides is 2. The third-order valence-corrected chi connectivity index (χ3v) is 6.90. The standard InChI is InChI=1S/C22H31N5O3.C10H12ClNO/c1-4-29-20-14-21(30-5-2)25-22(24-20)27-12-10-26(11-13-27)16-19-8-6-18(7-9-19)15-23-17(3)28;1-8(13)12-7-10-4-2-9(6-11)3-5-10/h6-9,14H,4-5,10-13,15-16H2,1-3H3,(H,23,28);2-5H,6-7H2,1H3,(H,12,13). The molecule has 2 heterocycles. The third-order valence-electron chi connectivity index (χ3n) is 6.60. The number of ether oxygens (including phenoxy) is 2. The summed E-state index contributed by atoms with van der Waals surface area (Å²) in [5.41, 5.74) is 4.55. The molecule has 0 radical (unpaired) electrons. The van der Waals surface area contributed by atoms with Gasteiger partial charge >= 0.3 is 0 Å². The first-order chi connectivity index (χ1) is 20.8. The molecule has 2 N–H and O–H groups in total. The second-order valence-corrected chi connectivity index (χ2v) is 10.3. The highest BCUT2D eigenvalue weighted by molar-refractivity contribution is 6.17. The minimum atomic E-state index is -0.0129. The minimum absolute atomic E-state index is 0.0126. The molecule has 10 nitrogen and oxygen atoms in total. The van der Waals surface area contributed by atoms with E-state index in [1.807, 2.05) is 38.1 Å². The summed E-state index contributed by atoms with van der Waals surface area (Å²) in [5.74, 6) is 2.26. The van der Waals surface area contributed by atoms with E-state index >= 15 is 0 Å². The van der Waals surface area contributed by atoms with Gasteiger partial charge in [-0.05, 0) is 36.1 Å². The van der Waals surface area contributed by atoms with Crippen LogP contribution in [0.5, 0.6) is 11.8 Å². The van der Waals surface area contributed by atoms with Crippen LogP contribution in [0.3, 0.4) is 0 Å². The average molecular weight is 611 g/mol. The number of alkyl halides is 1. The van der Waals surface area contributed by atoms with Gasteiger partial charge in [0, 0.05) is 65.5 Å². The van der Waals surface area contributed by atoms with Crippen molar-refractivity contribution < 1.29 is 19.1 Å². The van der Waals surface area contributed by atoms with Gasteiger partial charge in [0.05, 0.1) is 19.3 Å². The molecule has 0 bridgehead atoms. The van der Waals surface area contributed by atoms with Crippen molar-refractivity contribution in [1.29, 1.82) is 0 Å². The number of benzene rings is 2. The molecule has 1 aliphatic heterocycles. The van der Waals surface area contributed by atoms with E-state index in [0.717, 1.165) is 49.4 Å². The summed E-state index contributed by atoms with van der Waals surface area (Å²) >= 11 is 5.64. The summed E-state index contributed by atoms with van der Waals surface area (Å²) in [6.45, 7) is 13.6. The van der Waals surface area contributed by atoms with E-state index in [1.54, 1.807) is 6.07 Å². The SMILES string of the molecule is CC(=O)NCc1ccc(CCl)cc1.CCOc1cc(OCC)nc(N2CCN(Cc3ccc(CNC(C)=O)cc3)CC2)n1. The molecule has 1 aliphatic rings. The Morgan fingerprint density at radius 2 is 1.19 bits per heavy atom. The van der Waals surface area contributed by atoms with Crippen LogP contribution in [0.2, 0.25) is 0 Å². The zero-order valence-corrected chi connectivity index (χ0v) is 26.3. The fourth-order valence-corrected chi connectivity index (χ4v) is 4.48. The van der Waals surface area contributed by atoms with Gasteiger partial charge in [-0.2, -0.15) is 9.97 Å². The normalized spacial score (nSPS) is 13.0. The van der Waals surface area contributed by atoms with Crippen molar-refractivity contribution in [3.8, 4) is 11.8 Å². The molecule has 1 fully saturated rings. The first kappa shape index (κ1) is 33.6. The number of rotatable bonds is 12. The summed E-state index contributed by atoms with van der Waals surface area (Å²) in [4.78, 5) is 35.3. The highest BCUT2D eigenvalue weighted by atomic mass is 35.5. The fourth-order valence-electron chi connectivity index (χ4n) is 4.30. The molecule has 0 atom stereocenters. The van der Waals surface area contributed by atoms with Crippen LogP contribution in [-0.4, -0.2) is 66.1 Å². The monoisotopic (exact) mass is 610 g/mol. The van der Waals surface area contributed by atoms with Crippen LogP contribution in [-0.2, 0) is 35.1 Å². The minimum Gasteiger partial charge on any atom is -0.478 e. The Morgan fingerprint density at radius 1 is 0.744 bits per heavy atom. The number of nitrogens with zero attached hydrogens (tertiary/aromatic N) is 4. The quantitative estimate of drug-likeness (QED) is 0.292. The Hall–Kier alpha value is -3.89. The molecule has 43 heavy (non-hydrogen) atoms. The molecule has 0 unspecified atom stereocenters. The van der Waals surface area contributed by atoms with Gasteiger partial charge < -0.3 is 25.0 Å². The molecule has 0 saturated carbocycles. The average Bonchev–Trinajstić information content (AvgIpc) is 3.01. The van der Waals surface area contributed by atoms with Gasteiger partial charge in [0.2, 0.25) is 29.5 Å². The van der Waals surface area contributed by atoms with Crippen molar-refractivity contribution in [3.63, 3.8) is 0 Å². The van der Waals surface area contributed by atoms with E-state index in [4.69, 9.17) is 21.1 Å². The Labute approximate surface area is 259 Å². The largest absolute Gasteiger partial charge is 0.478 e. The van der Waals surface area contributed by atoms with Crippen molar-refractivity contribution in [2.45, 2.75) is 53.2 Å². The highest BCUT2D eigenvalue weighted by Gasteiger charge is 2.21. The number of hydrogen-bond acceptors (Lipinski definition) is 8. The van der Waals surface area contributed by atoms with Gasteiger partial charge in [0.25, 0.3) is 0 Å². The molecule has 3 aromatic rings. The summed E-state index contributed by atoms with van der Waals surface area (Å²) in [7, 11) is 0. The Balaban J connectivity index is 0.000000326. The summed E-state index contributed by atoms with van der Waals surface area (Å²) < 4.78 is 11.1. The predicted molar refractivity (Wildman–Crippen MR) is 169 cm³/mol. The molecule has 0 aliphatic carbocycles. The van der Waals surface area contributed by atoms with E-state index in [-0.39, 0.29) is 11.8 Å². The van der Waals surface area contributed by atoms with Crippen LogP contribution in [0.15, 0.2) is 54.6 Å². The van der Waals surface area contributed by atoms with Gasteiger partial charge in [-0.15, -0.1) is 11.6 Å². The van der Waals surface area contributed by atoms with E-state index in [1.165, 1.54) is 19.4 Å². The lowest BCUT2D eigenvalue weighted by atomic mass is 10.1. The first-order valence-electron chi connectivity index (χ1n) is 14.6. The van der Waals surface area contributed by atoms with Crippen molar-refractivity contribution in [2.75, 3.05) is 44.3 Å². The maximum Gasteiger partial charge on any atom is 0.232 e. The lowest BCUT2D eigenvalue weighted by Crippen LogP contribution is -2.46. The Bertz CT molecular complexity index is 1260. The summed E-state index contributed by atoms with van der Waals surface area (Å²) in [6.07, 6.45) is 0. The molecular formula is C32H43ClN6O4. The zero-order valence-electron chi connectivity index (χ0n) is 25.6. The Morgan fingerprint density at radius 3 is 1.60 bits per heavy atom. The molecule has 1 saturated heterocycles. The second kappa shape index (κ2) is 17.9. The van der Waals surface area contributed by atoms with Crippen LogP contribution >= 0.6 is 11.6 Å². The maximum atomic E-state index is 11.0. The van der Waals surface area contributed by atoms with Crippen LogP contribution in [0.4, 0.5) is 5.95 Å². The molecule has 4 rings (SSSR count). The number of anilines is 1. The zero-order chi connectivity index (χ0) is 31.0. The number of piperazine rings is 1. The Kier molecular flexibility index (Phi) is 14.0. The lowest BCUT2D eigenvalue weighted by Gasteiger charge is -2.34. The van der Waals surface area contributed by atoms with Crippen molar-refractivity contribution in [1.82, 2.24) is 25.5 Å². The van der Waals surface area contributed by atoms with E-state index in [2.05, 4.69) is 54.7 Å². The van der Waals surface area contributed by atoms with E-state index < -0.39 is 0 Å². The topological polar surface area (TPSA) is 109 Å². The number of carbonyl (C=O) groups is 2. The second-order valence-electron chi connectivity index (χ2n) is 10.1. The summed E-state index contributed by atoms with van der Waals surface area (Å²) in [5, 5.41) is 5.55. The first-order valence-corrected chi connectivity index (χ1v) is 15.2. The van der Waals surface area contributed by atoms with Crippen molar-refractivity contribution in [2.24, 2.45) is 0 Å². The van der Waals surface area contributed by atoms with Gasteiger partial charge in [0.15, 0.2) is 0 Å². The van der Waals surface area contributed by atoms with Gasteiger partial charge in [-0.25, -0.2) is 0 Å². The van der Waals surface area contributed by atoms with Gasteiger partial charge in [-0.1, -0.05) is 48.5 Å². The molecule has 2 amide bonds. The van der Waals surface area contributed by atoms with Gasteiger partial charge in [-0.3, -0.25) is 14.5 Å². The predicted octanol–water partition coefficient (Wildman–Crippen LogP) is 4.29. The molecule has 2 aromatic carbocycles. The number of hydrogen-bond donors (Lipinski definition) is 2. The smallest absolute Gasteiger partial charge is 0.232 e. The van der Waals surface area contributed by atoms with Crippen LogP contribution in [0.25, 0.3) is 0 Å². The maximum absolute atomic E-state index is 11.0. The molecular weight excluding hydrogens is 568 g/mol. The van der Waals surface area contributed by atoms with E-state index in [9.17, 15) is 9.59 Å². The van der Waals surface area contributed by atoms with E-state index in [0.29, 0.717) is 49.9 Å². The van der Waals surface area contributed by atoms with Crippen LogP contribution < -0.4 is 25.0 Å². The molecule has 232 valence electrons. The van der Waals surface area contributed by atoms with Gasteiger partial charge in [0.1, 0.15) is 0 Å². The number of halogens is 1. The molecule has 1 aromatic heterocycles. The molecule has 11 heteroatoms. The number of carbonyl (C=O) groups excluding carboxylic acids is 2.